The molecular weight excluding hydrogens is 220 g/mol. The van der Waals surface area contributed by atoms with Gasteiger partial charge in [-0.05, 0) is 12.8 Å². The maximum Gasteiger partial charge on any atom is 0.0945 e. The van der Waals surface area contributed by atoms with E-state index < -0.39 is 0 Å². The van der Waals surface area contributed by atoms with Crippen LogP contribution >= 0.6 is 0 Å². The average Bonchev–Trinajstić information content (AvgIpc) is 2.79. The van der Waals surface area contributed by atoms with Crippen molar-refractivity contribution in [2.24, 2.45) is 7.05 Å². The van der Waals surface area contributed by atoms with Crippen LogP contribution in [0.4, 0.5) is 0 Å². The quantitative estimate of drug-likeness (QED) is 0.573. The van der Waals surface area contributed by atoms with Crippen molar-refractivity contribution in [1.82, 2.24) is 9.55 Å². The molecule has 2 nitrogen and oxygen atoms in total. The Balaban J connectivity index is 2.66. The minimum atomic E-state index is 0.314. The van der Waals surface area contributed by atoms with E-state index in [1.807, 2.05) is 6.33 Å². The van der Waals surface area contributed by atoms with Crippen molar-refractivity contribution in [3.8, 4) is 0 Å². The molecule has 1 atom stereocenters. The van der Waals surface area contributed by atoms with Crippen LogP contribution in [-0.4, -0.2) is 9.55 Å². The van der Waals surface area contributed by atoms with Gasteiger partial charge >= 0.3 is 0 Å². The number of rotatable bonds is 9. The number of unbranched alkanes of at least 4 members (excludes halogenated alkanes) is 4. The average molecular weight is 250 g/mol. The molecule has 0 amide bonds. The van der Waals surface area contributed by atoms with E-state index in [0.717, 1.165) is 0 Å². The summed E-state index contributed by atoms with van der Waals surface area (Å²) in [6, 6.07) is 0. The van der Waals surface area contributed by atoms with Gasteiger partial charge in [0.1, 0.15) is 0 Å². The molecule has 0 fully saturated rings. The van der Waals surface area contributed by atoms with Gasteiger partial charge in [-0.2, -0.15) is 0 Å². The summed E-state index contributed by atoms with van der Waals surface area (Å²) in [4.78, 5) is 4.30. The lowest BCUT2D eigenvalue weighted by molar-refractivity contribution is 0.352. The number of aryl methyl sites for hydroxylation is 1. The summed E-state index contributed by atoms with van der Waals surface area (Å²) in [5, 5.41) is 0. The zero-order valence-corrected chi connectivity index (χ0v) is 12.7. The molecule has 0 saturated heterocycles. The molecule has 0 bridgehead atoms. The van der Waals surface area contributed by atoms with Gasteiger partial charge in [-0.1, -0.05) is 59.3 Å². The standard InChI is InChI=1S/C16H30N2/c1-5-7-9-10-12-16(3,11-8-6-2)15-13-17-14-18(15)4/h13-14H,5-12H2,1-4H3. The highest BCUT2D eigenvalue weighted by Gasteiger charge is 2.28. The van der Waals surface area contributed by atoms with Gasteiger partial charge in [-0.3, -0.25) is 0 Å². The Morgan fingerprint density at radius 3 is 2.28 bits per heavy atom. The first kappa shape index (κ1) is 15.3. The third-order valence-corrected chi connectivity index (χ3v) is 4.10. The second-order valence-corrected chi connectivity index (χ2v) is 5.86. The molecule has 0 N–H and O–H groups in total. The van der Waals surface area contributed by atoms with Crippen LogP contribution in [-0.2, 0) is 12.5 Å². The predicted octanol–water partition coefficient (Wildman–Crippen LogP) is 4.84. The second-order valence-electron chi connectivity index (χ2n) is 5.86. The smallest absolute Gasteiger partial charge is 0.0945 e. The molecule has 0 aliphatic rings. The van der Waals surface area contributed by atoms with Gasteiger partial charge in [-0.15, -0.1) is 0 Å². The molecule has 1 aromatic heterocycles. The van der Waals surface area contributed by atoms with Crippen LogP contribution in [0.25, 0.3) is 0 Å². The zero-order valence-electron chi connectivity index (χ0n) is 12.7. The molecule has 104 valence electrons. The number of hydrogen-bond acceptors (Lipinski definition) is 1. The molecule has 1 unspecified atom stereocenters. The van der Waals surface area contributed by atoms with E-state index in [1.54, 1.807) is 0 Å². The first-order valence-corrected chi connectivity index (χ1v) is 7.61. The summed E-state index contributed by atoms with van der Waals surface area (Å²) in [5.41, 5.74) is 1.72. The van der Waals surface area contributed by atoms with Crippen LogP contribution < -0.4 is 0 Å². The topological polar surface area (TPSA) is 17.8 Å². The minimum Gasteiger partial charge on any atom is -0.337 e. The van der Waals surface area contributed by atoms with Gasteiger partial charge < -0.3 is 4.57 Å². The van der Waals surface area contributed by atoms with Crippen molar-refractivity contribution in [3.63, 3.8) is 0 Å². The molecule has 0 radical (unpaired) electrons. The Kier molecular flexibility index (Phi) is 6.45. The molecule has 0 spiro atoms. The Labute approximate surface area is 113 Å². The normalized spacial score (nSPS) is 14.7. The van der Waals surface area contributed by atoms with Gasteiger partial charge in [0.05, 0.1) is 6.33 Å². The summed E-state index contributed by atoms with van der Waals surface area (Å²) < 4.78 is 2.20. The van der Waals surface area contributed by atoms with Gasteiger partial charge in [0.25, 0.3) is 0 Å². The number of hydrogen-bond donors (Lipinski definition) is 0. The van der Waals surface area contributed by atoms with E-state index in [-0.39, 0.29) is 0 Å². The third-order valence-electron chi connectivity index (χ3n) is 4.10. The summed E-state index contributed by atoms with van der Waals surface area (Å²) in [7, 11) is 2.12. The Morgan fingerprint density at radius 2 is 1.72 bits per heavy atom. The Morgan fingerprint density at radius 1 is 1.06 bits per heavy atom. The molecule has 1 heterocycles. The van der Waals surface area contributed by atoms with Gasteiger partial charge in [0, 0.05) is 24.4 Å². The molecule has 0 aliphatic carbocycles. The highest BCUT2D eigenvalue weighted by Crippen LogP contribution is 2.34. The van der Waals surface area contributed by atoms with Crippen LogP contribution in [0.2, 0.25) is 0 Å². The molecule has 0 aliphatic heterocycles. The molecule has 1 aromatic rings. The van der Waals surface area contributed by atoms with Crippen LogP contribution in [0.15, 0.2) is 12.5 Å². The minimum absolute atomic E-state index is 0.314. The van der Waals surface area contributed by atoms with E-state index in [0.29, 0.717) is 5.41 Å². The van der Waals surface area contributed by atoms with Crippen LogP contribution in [0.5, 0.6) is 0 Å². The fraction of sp³-hybridized carbons (Fsp3) is 0.812. The van der Waals surface area contributed by atoms with Crippen LogP contribution in [0.3, 0.4) is 0 Å². The Hall–Kier alpha value is -0.790. The highest BCUT2D eigenvalue weighted by atomic mass is 15.0. The van der Waals surface area contributed by atoms with E-state index in [9.17, 15) is 0 Å². The van der Waals surface area contributed by atoms with Crippen molar-refractivity contribution in [2.75, 3.05) is 0 Å². The highest BCUT2D eigenvalue weighted by molar-refractivity contribution is 5.13. The zero-order chi connectivity index (χ0) is 13.4. The third kappa shape index (κ3) is 4.15. The molecule has 18 heavy (non-hydrogen) atoms. The summed E-state index contributed by atoms with van der Waals surface area (Å²) >= 11 is 0. The summed E-state index contributed by atoms with van der Waals surface area (Å²) in [6.07, 6.45) is 14.6. The van der Waals surface area contributed by atoms with Crippen molar-refractivity contribution in [2.45, 2.75) is 77.6 Å². The number of nitrogens with zero attached hydrogens (tertiary/aromatic N) is 2. The molecule has 2 heteroatoms. The van der Waals surface area contributed by atoms with Crippen molar-refractivity contribution < 1.29 is 0 Å². The lowest BCUT2D eigenvalue weighted by atomic mass is 9.77. The number of aromatic nitrogens is 2. The monoisotopic (exact) mass is 250 g/mol. The first-order valence-electron chi connectivity index (χ1n) is 7.61. The molecular formula is C16H30N2. The van der Waals surface area contributed by atoms with Crippen LogP contribution in [0, 0.1) is 0 Å². The lowest BCUT2D eigenvalue weighted by Gasteiger charge is -2.30. The van der Waals surface area contributed by atoms with E-state index >= 15 is 0 Å². The summed E-state index contributed by atoms with van der Waals surface area (Å²) in [6.45, 7) is 6.98. The largest absolute Gasteiger partial charge is 0.337 e. The van der Waals surface area contributed by atoms with Gasteiger partial charge in [-0.25, -0.2) is 4.98 Å². The summed E-state index contributed by atoms with van der Waals surface area (Å²) in [5.74, 6) is 0. The maximum atomic E-state index is 4.30. The fourth-order valence-electron chi connectivity index (χ4n) is 2.83. The fourth-order valence-corrected chi connectivity index (χ4v) is 2.83. The van der Waals surface area contributed by atoms with E-state index in [2.05, 4.69) is 43.6 Å². The maximum absolute atomic E-state index is 4.30. The molecule has 0 aromatic carbocycles. The SMILES string of the molecule is CCCCCCC(C)(CCCC)c1cncn1C. The second kappa shape index (κ2) is 7.60. The predicted molar refractivity (Wildman–Crippen MR) is 78.8 cm³/mol. The van der Waals surface area contributed by atoms with Crippen molar-refractivity contribution in [1.29, 1.82) is 0 Å². The van der Waals surface area contributed by atoms with Crippen LogP contribution in [0.1, 0.15) is 77.8 Å². The van der Waals surface area contributed by atoms with Crippen molar-refractivity contribution in [3.05, 3.63) is 18.2 Å². The molecule has 1 rings (SSSR count). The van der Waals surface area contributed by atoms with Crippen molar-refractivity contribution >= 4 is 0 Å². The van der Waals surface area contributed by atoms with E-state index in [4.69, 9.17) is 0 Å². The van der Waals surface area contributed by atoms with Gasteiger partial charge in [0.15, 0.2) is 0 Å². The lowest BCUT2D eigenvalue weighted by Crippen LogP contribution is -2.25. The van der Waals surface area contributed by atoms with E-state index in [1.165, 1.54) is 57.1 Å². The number of imidazole rings is 1. The molecule has 0 saturated carbocycles. The first-order chi connectivity index (χ1) is 8.64. The van der Waals surface area contributed by atoms with Gasteiger partial charge in [0.2, 0.25) is 0 Å². The Bertz CT molecular complexity index is 330.